The zero-order valence-electron chi connectivity index (χ0n) is 11.6. The van der Waals surface area contributed by atoms with Crippen molar-refractivity contribution in [2.75, 3.05) is 0 Å². The lowest BCUT2D eigenvalue weighted by Crippen LogP contribution is -2.59. The second kappa shape index (κ2) is 4.09. The standard InChI is InChI=1S/C15H25BrO/c1-6-14(4)9-7-11-13(2,3)12(16)8-10-15(11,5)17-14/h6,11-12H,1,7-10H2,2-5H3/t11?,12?,14?,15-/m0/s1. The molecule has 2 rings (SSSR count). The summed E-state index contributed by atoms with van der Waals surface area (Å²) < 4.78 is 6.46. The highest BCUT2D eigenvalue weighted by atomic mass is 79.9. The van der Waals surface area contributed by atoms with Gasteiger partial charge in [0.1, 0.15) is 0 Å². The van der Waals surface area contributed by atoms with Gasteiger partial charge in [-0.2, -0.15) is 0 Å². The molecule has 0 radical (unpaired) electrons. The van der Waals surface area contributed by atoms with Crippen molar-refractivity contribution in [1.29, 1.82) is 0 Å². The van der Waals surface area contributed by atoms with Crippen LogP contribution in [0, 0.1) is 11.3 Å². The molecular weight excluding hydrogens is 276 g/mol. The van der Waals surface area contributed by atoms with E-state index in [1.54, 1.807) is 0 Å². The molecule has 17 heavy (non-hydrogen) atoms. The Morgan fingerprint density at radius 2 is 1.82 bits per heavy atom. The number of fused-ring (bicyclic) bond motifs is 1. The molecule has 1 aliphatic carbocycles. The second-order valence-electron chi connectivity index (χ2n) is 6.85. The first kappa shape index (κ1) is 13.6. The summed E-state index contributed by atoms with van der Waals surface area (Å²) >= 11 is 3.87. The molecule has 1 aliphatic heterocycles. The highest BCUT2D eigenvalue weighted by Crippen LogP contribution is 2.56. The van der Waals surface area contributed by atoms with Gasteiger partial charge in [-0.3, -0.25) is 0 Å². The summed E-state index contributed by atoms with van der Waals surface area (Å²) in [5.74, 6) is 0.640. The Kier molecular flexibility index (Phi) is 3.28. The smallest absolute Gasteiger partial charge is 0.0839 e. The number of alkyl halides is 1. The Morgan fingerprint density at radius 1 is 1.18 bits per heavy atom. The summed E-state index contributed by atoms with van der Waals surface area (Å²) in [6.07, 6.45) is 6.68. The molecule has 0 amide bonds. The van der Waals surface area contributed by atoms with Crippen LogP contribution in [0.25, 0.3) is 0 Å². The third-order valence-electron chi connectivity index (χ3n) is 5.16. The summed E-state index contributed by atoms with van der Waals surface area (Å²) in [6, 6.07) is 0. The third-order valence-corrected chi connectivity index (χ3v) is 6.80. The minimum Gasteiger partial charge on any atom is -0.365 e. The van der Waals surface area contributed by atoms with Crippen molar-refractivity contribution >= 4 is 15.9 Å². The average Bonchev–Trinajstić information content (AvgIpc) is 2.24. The number of hydrogen-bond donors (Lipinski definition) is 0. The minimum absolute atomic E-state index is 0.0228. The molecule has 0 aromatic heterocycles. The molecule has 2 aliphatic rings. The van der Waals surface area contributed by atoms with Gasteiger partial charge in [-0.25, -0.2) is 0 Å². The van der Waals surface area contributed by atoms with Gasteiger partial charge >= 0.3 is 0 Å². The van der Waals surface area contributed by atoms with E-state index < -0.39 is 0 Å². The SMILES string of the molecule is C=CC1(C)CCC2C(C)(C)C(Br)CC[C@]2(C)O1. The highest BCUT2D eigenvalue weighted by Gasteiger charge is 2.55. The quantitative estimate of drug-likeness (QED) is 0.504. The lowest BCUT2D eigenvalue weighted by atomic mass is 9.58. The average molecular weight is 301 g/mol. The lowest BCUT2D eigenvalue weighted by molar-refractivity contribution is -0.219. The van der Waals surface area contributed by atoms with Crippen LogP contribution in [-0.4, -0.2) is 16.0 Å². The molecule has 1 heterocycles. The Labute approximate surface area is 114 Å². The molecule has 0 spiro atoms. The van der Waals surface area contributed by atoms with Crippen LogP contribution in [0.3, 0.4) is 0 Å². The second-order valence-corrected chi connectivity index (χ2v) is 7.96. The summed E-state index contributed by atoms with van der Waals surface area (Å²) in [5.41, 5.74) is 0.213. The van der Waals surface area contributed by atoms with Gasteiger partial charge in [-0.05, 0) is 50.9 Å². The van der Waals surface area contributed by atoms with Gasteiger partial charge in [0.15, 0.2) is 0 Å². The Morgan fingerprint density at radius 3 is 2.41 bits per heavy atom. The molecule has 2 heteroatoms. The van der Waals surface area contributed by atoms with Gasteiger partial charge in [0, 0.05) is 4.83 Å². The summed E-state index contributed by atoms with van der Waals surface area (Å²) in [6.45, 7) is 13.2. The van der Waals surface area contributed by atoms with Gasteiger partial charge in [-0.15, -0.1) is 6.58 Å². The maximum atomic E-state index is 6.46. The zero-order valence-corrected chi connectivity index (χ0v) is 13.1. The molecular formula is C15H25BrO. The van der Waals surface area contributed by atoms with Crippen molar-refractivity contribution in [1.82, 2.24) is 0 Å². The van der Waals surface area contributed by atoms with Crippen molar-refractivity contribution < 1.29 is 4.74 Å². The fourth-order valence-corrected chi connectivity index (χ4v) is 4.47. The van der Waals surface area contributed by atoms with Gasteiger partial charge in [0.05, 0.1) is 11.2 Å². The van der Waals surface area contributed by atoms with Crippen molar-refractivity contribution in [3.8, 4) is 0 Å². The normalized spacial score (nSPS) is 49.5. The Balaban J connectivity index is 2.29. The Hall–Kier alpha value is 0.180. The maximum absolute atomic E-state index is 6.46. The largest absolute Gasteiger partial charge is 0.365 e. The fraction of sp³-hybridized carbons (Fsp3) is 0.867. The van der Waals surface area contributed by atoms with Crippen molar-refractivity contribution in [3.05, 3.63) is 12.7 Å². The summed E-state index contributed by atoms with van der Waals surface area (Å²) in [4.78, 5) is 0.616. The van der Waals surface area contributed by atoms with Crippen LogP contribution in [0.4, 0.5) is 0 Å². The topological polar surface area (TPSA) is 9.23 Å². The number of ether oxygens (including phenoxy) is 1. The first-order chi connectivity index (χ1) is 7.73. The molecule has 0 aromatic rings. The van der Waals surface area contributed by atoms with Crippen LogP contribution in [0.5, 0.6) is 0 Å². The third kappa shape index (κ3) is 2.12. The Bertz CT molecular complexity index is 325. The molecule has 4 atom stereocenters. The predicted molar refractivity (Wildman–Crippen MR) is 76.5 cm³/mol. The maximum Gasteiger partial charge on any atom is 0.0839 e. The van der Waals surface area contributed by atoms with E-state index in [1.807, 2.05) is 6.08 Å². The highest BCUT2D eigenvalue weighted by molar-refractivity contribution is 9.09. The van der Waals surface area contributed by atoms with Gasteiger partial charge in [-0.1, -0.05) is 35.9 Å². The van der Waals surface area contributed by atoms with Crippen LogP contribution in [0.2, 0.25) is 0 Å². The first-order valence-corrected chi connectivity index (χ1v) is 7.63. The van der Waals surface area contributed by atoms with E-state index in [0.29, 0.717) is 16.2 Å². The van der Waals surface area contributed by atoms with Gasteiger partial charge in [0.25, 0.3) is 0 Å². The van der Waals surface area contributed by atoms with Gasteiger partial charge in [0.2, 0.25) is 0 Å². The van der Waals surface area contributed by atoms with E-state index in [-0.39, 0.29) is 11.2 Å². The van der Waals surface area contributed by atoms with E-state index in [0.717, 1.165) is 12.8 Å². The summed E-state index contributed by atoms with van der Waals surface area (Å²) in [7, 11) is 0. The van der Waals surface area contributed by atoms with Crippen LogP contribution < -0.4 is 0 Å². The summed E-state index contributed by atoms with van der Waals surface area (Å²) in [5, 5.41) is 0. The van der Waals surface area contributed by atoms with E-state index in [4.69, 9.17) is 4.74 Å². The van der Waals surface area contributed by atoms with Crippen molar-refractivity contribution in [2.24, 2.45) is 11.3 Å². The predicted octanol–water partition coefficient (Wildman–Crippen LogP) is 4.70. The van der Waals surface area contributed by atoms with Crippen LogP contribution in [-0.2, 0) is 4.74 Å². The molecule has 3 unspecified atom stereocenters. The molecule has 1 saturated heterocycles. The molecule has 98 valence electrons. The molecule has 1 saturated carbocycles. The molecule has 0 N–H and O–H groups in total. The molecule has 2 fully saturated rings. The minimum atomic E-state index is -0.125. The fourth-order valence-electron chi connectivity index (χ4n) is 3.92. The first-order valence-electron chi connectivity index (χ1n) is 6.71. The monoisotopic (exact) mass is 300 g/mol. The number of rotatable bonds is 1. The zero-order chi connectivity index (χ0) is 12.9. The van der Waals surface area contributed by atoms with Crippen LogP contribution in [0.1, 0.15) is 53.4 Å². The lowest BCUT2D eigenvalue weighted by Gasteiger charge is -2.58. The van der Waals surface area contributed by atoms with E-state index >= 15 is 0 Å². The molecule has 0 bridgehead atoms. The van der Waals surface area contributed by atoms with Crippen LogP contribution >= 0.6 is 15.9 Å². The van der Waals surface area contributed by atoms with Gasteiger partial charge < -0.3 is 4.74 Å². The van der Waals surface area contributed by atoms with E-state index in [9.17, 15) is 0 Å². The number of halogens is 1. The van der Waals surface area contributed by atoms with Crippen molar-refractivity contribution in [3.63, 3.8) is 0 Å². The van der Waals surface area contributed by atoms with Crippen molar-refractivity contribution in [2.45, 2.75) is 69.4 Å². The van der Waals surface area contributed by atoms with Crippen LogP contribution in [0.15, 0.2) is 12.7 Å². The molecule has 1 nitrogen and oxygen atoms in total. The van der Waals surface area contributed by atoms with E-state index in [1.165, 1.54) is 12.8 Å². The molecule has 0 aromatic carbocycles. The number of hydrogen-bond acceptors (Lipinski definition) is 1. The van der Waals surface area contributed by atoms with E-state index in [2.05, 4.69) is 50.2 Å².